The van der Waals surface area contributed by atoms with E-state index in [1.807, 2.05) is 0 Å². The lowest BCUT2D eigenvalue weighted by molar-refractivity contribution is -0.0245. The van der Waals surface area contributed by atoms with Gasteiger partial charge in [0.25, 0.3) is 5.91 Å². The molecule has 0 spiro atoms. The minimum atomic E-state index is -0.287. The van der Waals surface area contributed by atoms with Crippen molar-refractivity contribution < 1.29 is 9.53 Å². The van der Waals surface area contributed by atoms with Crippen LogP contribution >= 0.6 is 0 Å². The van der Waals surface area contributed by atoms with Crippen LogP contribution in [0.2, 0.25) is 0 Å². The molecule has 0 radical (unpaired) electrons. The summed E-state index contributed by atoms with van der Waals surface area (Å²) in [6.07, 6.45) is 6.19. The van der Waals surface area contributed by atoms with Gasteiger partial charge in [0.15, 0.2) is 0 Å². The minimum absolute atomic E-state index is 0.0451. The summed E-state index contributed by atoms with van der Waals surface area (Å²) in [4.78, 5) is 26.8. The maximum absolute atomic E-state index is 12.5. The van der Waals surface area contributed by atoms with Crippen LogP contribution in [0.1, 0.15) is 22.2 Å². The van der Waals surface area contributed by atoms with Crippen molar-refractivity contribution in [2.75, 3.05) is 32.1 Å². The number of hydrogen-bond acceptors (Lipinski definition) is 6. The zero-order chi connectivity index (χ0) is 15.4. The third-order valence-corrected chi connectivity index (χ3v) is 3.53. The van der Waals surface area contributed by atoms with Crippen LogP contribution < -0.4 is 5.32 Å². The second-order valence-electron chi connectivity index (χ2n) is 4.89. The first-order chi connectivity index (χ1) is 10.8. The molecule has 0 aliphatic carbocycles. The molecule has 0 aromatic carbocycles. The fourth-order valence-corrected chi connectivity index (χ4v) is 2.45. The van der Waals surface area contributed by atoms with Gasteiger partial charge < -0.3 is 15.0 Å². The average molecular weight is 299 g/mol. The molecule has 2 aromatic heterocycles. The van der Waals surface area contributed by atoms with Gasteiger partial charge in [-0.2, -0.15) is 0 Å². The number of anilines is 1. The summed E-state index contributed by atoms with van der Waals surface area (Å²) >= 11 is 0. The number of morpholine rings is 1. The van der Waals surface area contributed by atoms with Gasteiger partial charge in [-0.05, 0) is 12.1 Å². The van der Waals surface area contributed by atoms with Gasteiger partial charge in [0.1, 0.15) is 17.6 Å². The number of hydrogen-bond donors (Lipinski definition) is 1. The molecule has 0 bridgehead atoms. The van der Waals surface area contributed by atoms with Gasteiger partial charge in [-0.25, -0.2) is 4.98 Å². The summed E-state index contributed by atoms with van der Waals surface area (Å²) in [5.74, 6) is 0.625. The monoisotopic (exact) mass is 299 g/mol. The number of amides is 1. The summed E-state index contributed by atoms with van der Waals surface area (Å²) in [5.41, 5.74) is 1.30. The Kier molecular flexibility index (Phi) is 4.24. The van der Waals surface area contributed by atoms with Crippen LogP contribution in [0.3, 0.4) is 0 Å². The molecular formula is C15H17N5O2. The highest BCUT2D eigenvalue weighted by Crippen LogP contribution is 2.25. The van der Waals surface area contributed by atoms with Crippen molar-refractivity contribution in [3.05, 3.63) is 48.2 Å². The number of nitrogens with zero attached hydrogens (tertiary/aromatic N) is 4. The van der Waals surface area contributed by atoms with Gasteiger partial charge >= 0.3 is 0 Å². The Bertz CT molecular complexity index is 649. The molecule has 7 heteroatoms. The quantitative estimate of drug-likeness (QED) is 0.915. The fourth-order valence-electron chi connectivity index (χ4n) is 2.45. The number of carbonyl (C=O) groups excluding carboxylic acids is 1. The lowest BCUT2D eigenvalue weighted by atomic mass is 10.1. The SMILES string of the molecule is CNc1nccnc1C1CN(C(=O)c2cccnc2)CCO1. The number of aromatic nitrogens is 3. The molecule has 1 amide bonds. The first kappa shape index (κ1) is 14.4. The van der Waals surface area contributed by atoms with Crippen LogP contribution in [0.5, 0.6) is 0 Å². The first-order valence-electron chi connectivity index (χ1n) is 7.09. The largest absolute Gasteiger partial charge is 0.372 e. The Balaban J connectivity index is 1.78. The number of ether oxygens (including phenoxy) is 1. The molecule has 1 unspecified atom stereocenters. The summed E-state index contributed by atoms with van der Waals surface area (Å²) in [7, 11) is 1.79. The smallest absolute Gasteiger partial charge is 0.255 e. The van der Waals surface area contributed by atoms with E-state index in [0.717, 1.165) is 0 Å². The normalized spacial score (nSPS) is 18.0. The van der Waals surface area contributed by atoms with Gasteiger partial charge in [0.05, 0.1) is 18.7 Å². The van der Waals surface area contributed by atoms with E-state index in [0.29, 0.717) is 36.8 Å². The predicted octanol–water partition coefficient (Wildman–Crippen LogP) is 1.13. The molecule has 1 saturated heterocycles. The second kappa shape index (κ2) is 6.48. The van der Waals surface area contributed by atoms with Crippen LogP contribution in [0.4, 0.5) is 5.82 Å². The van der Waals surface area contributed by atoms with E-state index in [1.165, 1.54) is 0 Å². The molecule has 2 aromatic rings. The van der Waals surface area contributed by atoms with Crippen LogP contribution in [0.15, 0.2) is 36.9 Å². The lowest BCUT2D eigenvalue weighted by Gasteiger charge is -2.33. The average Bonchev–Trinajstić information content (AvgIpc) is 2.62. The van der Waals surface area contributed by atoms with Crippen molar-refractivity contribution in [3.63, 3.8) is 0 Å². The number of nitrogens with one attached hydrogen (secondary N) is 1. The van der Waals surface area contributed by atoms with Gasteiger partial charge in [-0.1, -0.05) is 0 Å². The maximum Gasteiger partial charge on any atom is 0.255 e. The summed E-state index contributed by atoms with van der Waals surface area (Å²) in [6, 6.07) is 3.52. The van der Waals surface area contributed by atoms with Crippen molar-refractivity contribution in [1.29, 1.82) is 0 Å². The van der Waals surface area contributed by atoms with E-state index in [9.17, 15) is 4.79 Å². The molecule has 0 saturated carbocycles. The topological polar surface area (TPSA) is 80.2 Å². The third-order valence-electron chi connectivity index (χ3n) is 3.53. The molecule has 1 atom stereocenters. The van der Waals surface area contributed by atoms with Crippen LogP contribution in [0.25, 0.3) is 0 Å². The van der Waals surface area contributed by atoms with Crippen molar-refractivity contribution in [2.24, 2.45) is 0 Å². The van der Waals surface area contributed by atoms with Gasteiger partial charge in [-0.15, -0.1) is 0 Å². The van der Waals surface area contributed by atoms with Gasteiger partial charge in [-0.3, -0.25) is 14.8 Å². The van der Waals surface area contributed by atoms with Crippen LogP contribution in [0, 0.1) is 0 Å². The van der Waals surface area contributed by atoms with Gasteiger partial charge in [0, 0.05) is 38.4 Å². The highest BCUT2D eigenvalue weighted by Gasteiger charge is 2.28. The zero-order valence-corrected chi connectivity index (χ0v) is 12.3. The van der Waals surface area contributed by atoms with Crippen LogP contribution in [-0.2, 0) is 4.74 Å². The highest BCUT2D eigenvalue weighted by molar-refractivity contribution is 5.93. The second-order valence-corrected chi connectivity index (χ2v) is 4.89. The Morgan fingerprint density at radius 2 is 2.23 bits per heavy atom. The predicted molar refractivity (Wildman–Crippen MR) is 80.4 cm³/mol. The molecule has 22 heavy (non-hydrogen) atoms. The van der Waals surface area contributed by atoms with E-state index >= 15 is 0 Å². The molecule has 7 nitrogen and oxygen atoms in total. The standard InChI is InChI=1S/C15H17N5O2/c1-16-14-13(18-5-6-19-14)12-10-20(7-8-22-12)15(21)11-3-2-4-17-9-11/h2-6,9,12H,7-8,10H2,1H3,(H,16,19). The number of carbonyl (C=O) groups is 1. The van der Waals surface area contributed by atoms with Crippen molar-refractivity contribution in [3.8, 4) is 0 Å². The molecule has 1 aliphatic heterocycles. The minimum Gasteiger partial charge on any atom is -0.372 e. The summed E-state index contributed by atoms with van der Waals surface area (Å²) in [5, 5.41) is 3.00. The first-order valence-corrected chi connectivity index (χ1v) is 7.09. The molecule has 1 N–H and O–H groups in total. The third kappa shape index (κ3) is 2.89. The van der Waals surface area contributed by atoms with E-state index in [4.69, 9.17) is 4.74 Å². The molecule has 1 fully saturated rings. The Morgan fingerprint density at radius 3 is 3.00 bits per heavy atom. The highest BCUT2D eigenvalue weighted by atomic mass is 16.5. The molecule has 3 heterocycles. The van der Waals surface area contributed by atoms with E-state index in [-0.39, 0.29) is 12.0 Å². The molecule has 114 valence electrons. The zero-order valence-electron chi connectivity index (χ0n) is 12.3. The van der Waals surface area contributed by atoms with Crippen molar-refractivity contribution in [1.82, 2.24) is 19.9 Å². The molecule has 3 rings (SSSR count). The lowest BCUT2D eigenvalue weighted by Crippen LogP contribution is -2.42. The van der Waals surface area contributed by atoms with Crippen LogP contribution in [-0.4, -0.2) is 52.5 Å². The van der Waals surface area contributed by atoms with Gasteiger partial charge in [0.2, 0.25) is 0 Å². The van der Waals surface area contributed by atoms with E-state index in [2.05, 4.69) is 20.3 Å². The Labute approximate surface area is 128 Å². The van der Waals surface area contributed by atoms with E-state index in [1.54, 1.807) is 48.9 Å². The Morgan fingerprint density at radius 1 is 1.36 bits per heavy atom. The van der Waals surface area contributed by atoms with E-state index < -0.39 is 0 Å². The summed E-state index contributed by atoms with van der Waals surface area (Å²) < 4.78 is 5.77. The Hall–Kier alpha value is -2.54. The molecule has 1 aliphatic rings. The fraction of sp³-hybridized carbons (Fsp3) is 0.333. The molecular weight excluding hydrogens is 282 g/mol. The summed E-state index contributed by atoms with van der Waals surface area (Å²) in [6.45, 7) is 1.47. The van der Waals surface area contributed by atoms with Crippen molar-refractivity contribution in [2.45, 2.75) is 6.10 Å². The number of pyridine rings is 1. The number of rotatable bonds is 3. The maximum atomic E-state index is 12.5. The van der Waals surface area contributed by atoms with Crippen molar-refractivity contribution >= 4 is 11.7 Å².